The van der Waals surface area contributed by atoms with Crippen molar-refractivity contribution in [1.29, 1.82) is 0 Å². The molecule has 0 saturated carbocycles. The summed E-state index contributed by atoms with van der Waals surface area (Å²) in [6.45, 7) is 2.14. The number of ether oxygens (including phenoxy) is 1. The maximum Gasteiger partial charge on any atom is 0.243 e. The number of nitrogens with zero attached hydrogens (tertiary/aromatic N) is 1. The number of benzene rings is 2. The lowest BCUT2D eigenvalue weighted by Crippen LogP contribution is -2.34. The first-order chi connectivity index (χ1) is 13.7. The number of hydrogen-bond acceptors (Lipinski definition) is 5. The van der Waals surface area contributed by atoms with Gasteiger partial charge < -0.3 is 9.84 Å². The molecular weight excluding hydrogens is 426 g/mol. The molecule has 29 heavy (non-hydrogen) atoms. The van der Waals surface area contributed by atoms with Crippen molar-refractivity contribution in [3.8, 4) is 11.5 Å². The Bertz CT molecular complexity index is 1020. The van der Waals surface area contributed by atoms with E-state index in [0.717, 1.165) is 30.2 Å². The quantitative estimate of drug-likeness (QED) is 0.505. The Hall–Kier alpha value is -1.94. The Kier molecular flexibility index (Phi) is 6.62. The molecule has 1 aliphatic rings. The highest BCUT2D eigenvalue weighted by Crippen LogP contribution is 2.32. The molecule has 1 aliphatic heterocycles. The highest BCUT2D eigenvalue weighted by atomic mass is 35.5. The van der Waals surface area contributed by atoms with Gasteiger partial charge in [0.2, 0.25) is 10.0 Å². The summed E-state index contributed by atoms with van der Waals surface area (Å²) in [5.41, 5.74) is 2.11. The number of methoxy groups -OCH3 is 1. The van der Waals surface area contributed by atoms with Crippen molar-refractivity contribution in [3.05, 3.63) is 52.0 Å². The normalized spacial score (nSPS) is 14.6. The molecule has 0 amide bonds. The number of phenolic OH excluding ortho intramolecular Hbond substituents is 1. The van der Waals surface area contributed by atoms with Crippen molar-refractivity contribution in [3.63, 3.8) is 0 Å². The van der Waals surface area contributed by atoms with Gasteiger partial charge in [0.25, 0.3) is 0 Å². The number of rotatable bonds is 7. The SMILES string of the molecule is COc1cc2c(cc1O)CCN(CCCNS(=O)(=O)c1cc(Cl)c(F)cc1F)C2. The summed E-state index contributed by atoms with van der Waals surface area (Å²) in [4.78, 5) is 1.48. The maximum atomic E-state index is 13.8. The summed E-state index contributed by atoms with van der Waals surface area (Å²) in [6, 6.07) is 4.73. The zero-order valence-corrected chi connectivity index (χ0v) is 17.3. The molecule has 10 heteroatoms. The number of phenols is 1. The first-order valence-corrected chi connectivity index (χ1v) is 10.8. The monoisotopic (exact) mass is 446 g/mol. The standard InChI is InChI=1S/C19H21ClF2N2O4S/c1-28-18-8-13-11-24(6-3-12(13)7-17(18)25)5-2-4-23-29(26,27)19-9-14(20)15(21)10-16(19)22/h7-10,23,25H,2-6,11H2,1H3. The van der Waals surface area contributed by atoms with Crippen molar-refractivity contribution >= 4 is 21.6 Å². The van der Waals surface area contributed by atoms with Crippen molar-refractivity contribution in [2.45, 2.75) is 24.3 Å². The van der Waals surface area contributed by atoms with Gasteiger partial charge in [0.1, 0.15) is 16.5 Å². The van der Waals surface area contributed by atoms with E-state index in [1.54, 1.807) is 12.1 Å². The third kappa shape index (κ3) is 4.98. The number of nitrogens with one attached hydrogen (secondary N) is 1. The molecule has 0 aromatic heterocycles. The Morgan fingerprint density at radius 1 is 1.21 bits per heavy atom. The van der Waals surface area contributed by atoms with Crippen molar-refractivity contribution in [1.82, 2.24) is 9.62 Å². The fourth-order valence-electron chi connectivity index (χ4n) is 3.28. The third-order valence-electron chi connectivity index (χ3n) is 4.80. The van der Waals surface area contributed by atoms with E-state index < -0.39 is 31.6 Å². The number of fused-ring (bicyclic) bond motifs is 1. The minimum Gasteiger partial charge on any atom is -0.504 e. The number of halogens is 3. The summed E-state index contributed by atoms with van der Waals surface area (Å²) in [6.07, 6.45) is 1.26. The molecule has 0 unspecified atom stereocenters. The Morgan fingerprint density at radius 3 is 2.69 bits per heavy atom. The molecule has 2 aromatic rings. The smallest absolute Gasteiger partial charge is 0.243 e. The average molecular weight is 447 g/mol. The molecule has 3 rings (SSSR count). The van der Waals surface area contributed by atoms with Crippen LogP contribution in [0.1, 0.15) is 17.5 Å². The van der Waals surface area contributed by atoms with E-state index in [0.29, 0.717) is 31.3 Å². The molecule has 0 bridgehead atoms. The molecule has 0 spiro atoms. The lowest BCUT2D eigenvalue weighted by molar-refractivity contribution is 0.250. The Labute approximate surface area is 173 Å². The lowest BCUT2D eigenvalue weighted by atomic mass is 9.99. The molecule has 2 N–H and O–H groups in total. The van der Waals surface area contributed by atoms with Crippen molar-refractivity contribution < 1.29 is 27.0 Å². The summed E-state index contributed by atoms with van der Waals surface area (Å²) >= 11 is 5.56. The molecule has 6 nitrogen and oxygen atoms in total. The van der Waals surface area contributed by atoms with Crippen LogP contribution >= 0.6 is 11.6 Å². The van der Waals surface area contributed by atoms with Crippen molar-refractivity contribution in [2.24, 2.45) is 0 Å². The van der Waals surface area contributed by atoms with Gasteiger partial charge in [-0.15, -0.1) is 0 Å². The summed E-state index contributed by atoms with van der Waals surface area (Å²) in [5, 5.41) is 9.41. The van der Waals surface area contributed by atoms with E-state index in [2.05, 4.69) is 9.62 Å². The molecule has 0 aliphatic carbocycles. The van der Waals surface area contributed by atoms with Crippen LogP contribution in [0, 0.1) is 11.6 Å². The van der Waals surface area contributed by atoms with Gasteiger partial charge in [-0.05, 0) is 48.7 Å². The van der Waals surface area contributed by atoms with E-state index in [9.17, 15) is 22.3 Å². The van der Waals surface area contributed by atoms with Gasteiger partial charge >= 0.3 is 0 Å². The highest BCUT2D eigenvalue weighted by Gasteiger charge is 2.22. The van der Waals surface area contributed by atoms with Gasteiger partial charge in [-0.2, -0.15) is 0 Å². The summed E-state index contributed by atoms with van der Waals surface area (Å²) in [7, 11) is -2.64. The van der Waals surface area contributed by atoms with E-state index in [-0.39, 0.29) is 12.3 Å². The second-order valence-corrected chi connectivity index (χ2v) is 8.91. The summed E-state index contributed by atoms with van der Waals surface area (Å²) < 4.78 is 59.0. The van der Waals surface area contributed by atoms with Crippen molar-refractivity contribution in [2.75, 3.05) is 26.7 Å². The fourth-order valence-corrected chi connectivity index (χ4v) is 4.67. The van der Waals surface area contributed by atoms with Gasteiger partial charge in [0, 0.05) is 25.7 Å². The van der Waals surface area contributed by atoms with Gasteiger partial charge in [-0.25, -0.2) is 21.9 Å². The Morgan fingerprint density at radius 2 is 1.97 bits per heavy atom. The lowest BCUT2D eigenvalue weighted by Gasteiger charge is -2.29. The molecular formula is C19H21ClF2N2O4S. The minimum absolute atomic E-state index is 0.0963. The van der Waals surface area contributed by atoms with Crippen LogP contribution in [0.25, 0.3) is 0 Å². The molecule has 2 aromatic carbocycles. The van der Waals surface area contributed by atoms with E-state index >= 15 is 0 Å². The predicted octanol–water partition coefficient (Wildman–Crippen LogP) is 3.06. The number of sulfonamides is 1. The fraction of sp³-hybridized carbons (Fsp3) is 0.368. The molecule has 158 valence electrons. The van der Waals surface area contributed by atoms with Crippen LogP contribution in [-0.2, 0) is 23.0 Å². The zero-order chi connectivity index (χ0) is 21.2. The highest BCUT2D eigenvalue weighted by molar-refractivity contribution is 7.89. The van der Waals surface area contributed by atoms with Crippen LogP contribution in [-0.4, -0.2) is 45.2 Å². The van der Waals surface area contributed by atoms with Gasteiger partial charge in [0.15, 0.2) is 11.5 Å². The predicted molar refractivity (Wildman–Crippen MR) is 105 cm³/mol. The van der Waals surface area contributed by atoms with E-state index in [1.807, 2.05) is 0 Å². The van der Waals surface area contributed by atoms with Crippen LogP contribution < -0.4 is 9.46 Å². The first kappa shape index (κ1) is 21.8. The topological polar surface area (TPSA) is 78.9 Å². The molecule has 0 radical (unpaired) electrons. The second kappa shape index (κ2) is 8.83. The van der Waals surface area contributed by atoms with Crippen LogP contribution in [0.4, 0.5) is 8.78 Å². The maximum absolute atomic E-state index is 13.8. The molecule has 0 saturated heterocycles. The molecule has 0 fully saturated rings. The minimum atomic E-state index is -4.13. The van der Waals surface area contributed by atoms with E-state index in [1.165, 1.54) is 7.11 Å². The largest absolute Gasteiger partial charge is 0.504 e. The Balaban J connectivity index is 1.55. The second-order valence-electron chi connectivity index (χ2n) is 6.77. The van der Waals surface area contributed by atoms with Crippen LogP contribution in [0.2, 0.25) is 5.02 Å². The van der Waals surface area contributed by atoms with Gasteiger partial charge in [0.05, 0.1) is 12.1 Å². The van der Waals surface area contributed by atoms with Crippen LogP contribution in [0.5, 0.6) is 11.5 Å². The number of hydrogen-bond donors (Lipinski definition) is 2. The van der Waals surface area contributed by atoms with Gasteiger partial charge in [-0.3, -0.25) is 4.90 Å². The number of aromatic hydroxyl groups is 1. The van der Waals surface area contributed by atoms with E-state index in [4.69, 9.17) is 16.3 Å². The van der Waals surface area contributed by atoms with Gasteiger partial charge in [-0.1, -0.05) is 11.6 Å². The van der Waals surface area contributed by atoms with Crippen LogP contribution in [0.3, 0.4) is 0 Å². The molecule has 1 heterocycles. The molecule has 0 atom stereocenters. The third-order valence-corrected chi connectivity index (χ3v) is 6.57. The zero-order valence-electron chi connectivity index (χ0n) is 15.7. The average Bonchev–Trinajstić information content (AvgIpc) is 2.67. The first-order valence-electron chi connectivity index (χ1n) is 8.96. The summed E-state index contributed by atoms with van der Waals surface area (Å²) in [5.74, 6) is -1.68. The van der Waals surface area contributed by atoms with Crippen LogP contribution in [0.15, 0.2) is 29.2 Å².